The van der Waals surface area contributed by atoms with Crippen molar-refractivity contribution >= 4 is 17.8 Å². The summed E-state index contributed by atoms with van der Waals surface area (Å²) in [7, 11) is 1.61. The average Bonchev–Trinajstić information content (AvgIpc) is 3.43. The highest BCUT2D eigenvalue weighted by Gasteiger charge is 2.16. The third-order valence-electron chi connectivity index (χ3n) is 4.75. The van der Waals surface area contributed by atoms with Gasteiger partial charge in [-0.25, -0.2) is 5.10 Å². The summed E-state index contributed by atoms with van der Waals surface area (Å²) in [5.41, 5.74) is 0.817. The lowest BCUT2D eigenvalue weighted by Crippen LogP contribution is -2.30. The highest BCUT2D eigenvalue weighted by atomic mass is 16.5. The number of nitrogens with zero attached hydrogens (tertiary/aromatic N) is 5. The third kappa shape index (κ3) is 4.71. The molecule has 1 fully saturated rings. The molecule has 10 heteroatoms. The van der Waals surface area contributed by atoms with Crippen LogP contribution in [0.3, 0.4) is 0 Å². The first-order valence-corrected chi connectivity index (χ1v) is 9.65. The van der Waals surface area contributed by atoms with Crippen LogP contribution in [0.4, 0.5) is 11.9 Å². The molecule has 4 rings (SSSR count). The van der Waals surface area contributed by atoms with Gasteiger partial charge in [-0.1, -0.05) is 5.16 Å². The number of rotatable bonds is 7. The monoisotopic (exact) mass is 397 g/mol. The number of H-pyrrole nitrogens is 1. The number of nitrogens with one attached hydrogen (secondary N) is 2. The molecule has 152 valence electrons. The molecule has 2 aromatic heterocycles. The van der Waals surface area contributed by atoms with E-state index >= 15 is 0 Å². The van der Waals surface area contributed by atoms with Gasteiger partial charge in [0, 0.05) is 31.5 Å². The SMILES string of the molecule is COc1ccc(-c2noc(CCC(=O)Nc3nc(N4CCCCC4)n[nH]3)n2)cc1. The lowest BCUT2D eigenvalue weighted by atomic mass is 10.1. The van der Waals surface area contributed by atoms with E-state index in [0.29, 0.717) is 30.0 Å². The fourth-order valence-corrected chi connectivity index (χ4v) is 3.17. The number of aromatic amines is 1. The van der Waals surface area contributed by atoms with Crippen molar-refractivity contribution < 1.29 is 14.1 Å². The van der Waals surface area contributed by atoms with Crippen molar-refractivity contribution in [3.05, 3.63) is 30.2 Å². The van der Waals surface area contributed by atoms with Crippen molar-refractivity contribution in [3.8, 4) is 17.1 Å². The maximum absolute atomic E-state index is 12.2. The summed E-state index contributed by atoms with van der Waals surface area (Å²) >= 11 is 0. The first-order valence-electron chi connectivity index (χ1n) is 9.65. The number of amides is 1. The Balaban J connectivity index is 1.28. The quantitative estimate of drug-likeness (QED) is 0.623. The number of piperidine rings is 1. The highest BCUT2D eigenvalue weighted by Crippen LogP contribution is 2.20. The number of ether oxygens (including phenoxy) is 1. The van der Waals surface area contributed by atoms with Gasteiger partial charge in [0.15, 0.2) is 0 Å². The predicted octanol–water partition coefficient (Wildman–Crippen LogP) is 2.42. The molecule has 0 spiro atoms. The molecule has 3 heterocycles. The molecule has 0 saturated carbocycles. The zero-order valence-electron chi connectivity index (χ0n) is 16.2. The minimum atomic E-state index is -0.199. The van der Waals surface area contributed by atoms with Gasteiger partial charge in [0.25, 0.3) is 0 Å². The number of anilines is 2. The topological polar surface area (TPSA) is 122 Å². The van der Waals surface area contributed by atoms with Crippen molar-refractivity contribution in [2.45, 2.75) is 32.1 Å². The second-order valence-corrected chi connectivity index (χ2v) is 6.82. The van der Waals surface area contributed by atoms with Crippen LogP contribution in [0.25, 0.3) is 11.4 Å². The fraction of sp³-hybridized carbons (Fsp3) is 0.421. The van der Waals surface area contributed by atoms with Gasteiger partial charge in [0.1, 0.15) is 5.75 Å². The molecular weight excluding hydrogens is 374 g/mol. The van der Waals surface area contributed by atoms with Crippen LogP contribution in [0.15, 0.2) is 28.8 Å². The lowest BCUT2D eigenvalue weighted by molar-refractivity contribution is -0.116. The summed E-state index contributed by atoms with van der Waals surface area (Å²) in [6, 6.07) is 7.36. The Morgan fingerprint density at radius 1 is 1.21 bits per heavy atom. The van der Waals surface area contributed by atoms with Crippen LogP contribution in [0, 0.1) is 0 Å². The molecule has 1 aliphatic heterocycles. The minimum absolute atomic E-state index is 0.198. The van der Waals surface area contributed by atoms with Crippen molar-refractivity contribution in [1.29, 1.82) is 0 Å². The molecule has 3 aromatic rings. The number of hydrogen-bond acceptors (Lipinski definition) is 8. The summed E-state index contributed by atoms with van der Waals surface area (Å²) < 4.78 is 10.4. The van der Waals surface area contributed by atoms with Crippen LogP contribution in [0.2, 0.25) is 0 Å². The van der Waals surface area contributed by atoms with Crippen molar-refractivity contribution in [1.82, 2.24) is 25.3 Å². The lowest BCUT2D eigenvalue weighted by Gasteiger charge is -2.24. The average molecular weight is 397 g/mol. The summed E-state index contributed by atoms with van der Waals surface area (Å²) in [5, 5.41) is 13.6. The van der Waals surface area contributed by atoms with Crippen molar-refractivity contribution in [3.63, 3.8) is 0 Å². The zero-order chi connectivity index (χ0) is 20.1. The van der Waals surface area contributed by atoms with Gasteiger partial charge in [0.05, 0.1) is 7.11 Å². The molecule has 1 amide bonds. The number of hydrogen-bond donors (Lipinski definition) is 2. The molecule has 29 heavy (non-hydrogen) atoms. The first-order chi connectivity index (χ1) is 14.2. The number of aromatic nitrogens is 5. The summed E-state index contributed by atoms with van der Waals surface area (Å²) in [4.78, 5) is 23.0. The van der Waals surface area contributed by atoms with Gasteiger partial charge in [-0.3, -0.25) is 10.1 Å². The number of carbonyl (C=O) groups excluding carboxylic acids is 1. The molecule has 0 bridgehead atoms. The van der Waals surface area contributed by atoms with E-state index in [0.717, 1.165) is 37.2 Å². The number of methoxy groups -OCH3 is 1. The van der Waals surface area contributed by atoms with Crippen molar-refractivity contribution in [2.24, 2.45) is 0 Å². The molecular formula is C19H23N7O3. The molecule has 0 unspecified atom stereocenters. The Morgan fingerprint density at radius 3 is 2.76 bits per heavy atom. The standard InChI is InChI=1S/C19H23N7O3/c1-28-14-7-5-13(6-8-14)17-21-16(29-25-17)10-9-15(27)20-18-22-19(24-23-18)26-11-3-2-4-12-26/h5-8H,2-4,9-12H2,1H3,(H2,20,22,23,24,27). The normalized spacial score (nSPS) is 14.0. The first kappa shape index (κ1) is 18.9. The molecule has 0 aliphatic carbocycles. The molecule has 0 atom stereocenters. The molecule has 1 aromatic carbocycles. The Morgan fingerprint density at radius 2 is 2.00 bits per heavy atom. The second-order valence-electron chi connectivity index (χ2n) is 6.82. The highest BCUT2D eigenvalue weighted by molar-refractivity contribution is 5.89. The van der Waals surface area contributed by atoms with Crippen molar-refractivity contribution in [2.75, 3.05) is 30.4 Å². The van der Waals surface area contributed by atoms with Crippen LogP contribution in [0.5, 0.6) is 5.75 Å². The van der Waals surface area contributed by atoms with E-state index in [1.54, 1.807) is 7.11 Å². The minimum Gasteiger partial charge on any atom is -0.497 e. The van der Waals surface area contributed by atoms with Crippen LogP contribution in [-0.2, 0) is 11.2 Å². The fourth-order valence-electron chi connectivity index (χ4n) is 3.17. The largest absolute Gasteiger partial charge is 0.497 e. The van der Waals surface area contributed by atoms with Gasteiger partial charge in [-0.15, -0.1) is 5.10 Å². The Labute approximate surface area is 167 Å². The van der Waals surface area contributed by atoms with E-state index in [9.17, 15) is 4.79 Å². The summed E-state index contributed by atoms with van der Waals surface area (Å²) in [6.45, 7) is 1.89. The Bertz CT molecular complexity index is 945. The molecule has 1 saturated heterocycles. The van der Waals surface area contributed by atoms with E-state index in [1.807, 2.05) is 24.3 Å². The van der Waals surface area contributed by atoms with Crippen LogP contribution >= 0.6 is 0 Å². The number of benzene rings is 1. The van der Waals surface area contributed by atoms with Crippen LogP contribution < -0.4 is 15.0 Å². The second kappa shape index (κ2) is 8.72. The summed E-state index contributed by atoms with van der Waals surface area (Å²) in [5.74, 6) is 2.41. The Hall–Kier alpha value is -3.43. The van der Waals surface area contributed by atoms with Gasteiger partial charge >= 0.3 is 0 Å². The third-order valence-corrected chi connectivity index (χ3v) is 4.75. The maximum Gasteiger partial charge on any atom is 0.246 e. The van der Waals surface area contributed by atoms with Gasteiger partial charge < -0.3 is 14.2 Å². The molecule has 10 nitrogen and oxygen atoms in total. The molecule has 0 radical (unpaired) electrons. The van der Waals surface area contributed by atoms with Gasteiger partial charge in [0.2, 0.25) is 29.5 Å². The van der Waals surface area contributed by atoms with Gasteiger partial charge in [-0.2, -0.15) is 9.97 Å². The predicted molar refractivity (Wildman–Crippen MR) is 106 cm³/mol. The molecule has 1 aliphatic rings. The van der Waals surface area contributed by atoms with E-state index in [1.165, 1.54) is 6.42 Å². The Kier molecular flexibility index (Phi) is 5.68. The van der Waals surface area contributed by atoms with Crippen LogP contribution in [-0.4, -0.2) is 51.4 Å². The maximum atomic E-state index is 12.2. The van der Waals surface area contributed by atoms with E-state index in [4.69, 9.17) is 9.26 Å². The van der Waals surface area contributed by atoms with Crippen LogP contribution in [0.1, 0.15) is 31.6 Å². The zero-order valence-corrected chi connectivity index (χ0v) is 16.2. The van der Waals surface area contributed by atoms with E-state index < -0.39 is 0 Å². The summed E-state index contributed by atoms with van der Waals surface area (Å²) in [6.07, 6.45) is 4.05. The number of aryl methyl sites for hydroxylation is 1. The van der Waals surface area contributed by atoms with Gasteiger partial charge in [-0.05, 0) is 43.5 Å². The molecule has 2 N–H and O–H groups in total. The van der Waals surface area contributed by atoms with E-state index in [-0.39, 0.29) is 12.3 Å². The smallest absolute Gasteiger partial charge is 0.246 e. The number of carbonyl (C=O) groups is 1. The van der Waals surface area contributed by atoms with E-state index in [2.05, 4.69) is 35.5 Å².